The van der Waals surface area contributed by atoms with E-state index in [4.69, 9.17) is 16.3 Å². The lowest BCUT2D eigenvalue weighted by Gasteiger charge is -2.46. The lowest BCUT2D eigenvalue weighted by molar-refractivity contribution is -0.129. The molecule has 1 aliphatic heterocycles. The zero-order chi connectivity index (χ0) is 23.0. The van der Waals surface area contributed by atoms with E-state index < -0.39 is 0 Å². The van der Waals surface area contributed by atoms with Crippen LogP contribution in [0.1, 0.15) is 18.4 Å². The molecule has 168 valence electrons. The van der Waals surface area contributed by atoms with Gasteiger partial charge in [0.15, 0.2) is 0 Å². The van der Waals surface area contributed by atoms with Crippen molar-refractivity contribution >= 4 is 40.1 Å². The van der Waals surface area contributed by atoms with E-state index in [1.807, 2.05) is 89.8 Å². The molecule has 1 N–H and O–H groups in total. The first-order chi connectivity index (χ1) is 16.2. The van der Waals surface area contributed by atoms with Crippen molar-refractivity contribution in [1.82, 2.24) is 0 Å². The highest BCUT2D eigenvalue weighted by atomic mass is 35.5. The van der Waals surface area contributed by atoms with Crippen molar-refractivity contribution in [2.75, 3.05) is 17.4 Å². The van der Waals surface area contributed by atoms with Crippen molar-refractivity contribution in [2.24, 2.45) is 11.0 Å². The van der Waals surface area contributed by atoms with Gasteiger partial charge in [-0.25, -0.2) is 0 Å². The van der Waals surface area contributed by atoms with Crippen LogP contribution in [0.4, 0.5) is 11.4 Å². The molecule has 0 bridgehead atoms. The number of amides is 1. The molecule has 0 radical (unpaired) electrons. The lowest BCUT2D eigenvalue weighted by Crippen LogP contribution is -2.60. The molecule has 4 rings (SSSR count). The molecule has 1 fully saturated rings. The standard InChI is InChI=1S/C27H26ClN3O2/c1-33-23-15-13-22(14-16-23)31-25(18-12-20-8-4-2-5-9-20)24(27(31)32)17-19-26(28)30-29-21-10-6-3-7-11-21/h2-16,18,24-25,29H,17,19H2,1H3/b18-12+,30-26-/t24-,25?/m0/s1. The van der Waals surface area contributed by atoms with Crippen molar-refractivity contribution in [3.63, 3.8) is 0 Å². The van der Waals surface area contributed by atoms with Crippen LogP contribution in [0.15, 0.2) is 96.1 Å². The summed E-state index contributed by atoms with van der Waals surface area (Å²) in [6.07, 6.45) is 5.30. The molecule has 1 unspecified atom stereocenters. The number of anilines is 2. The average molecular weight is 460 g/mol. The highest BCUT2D eigenvalue weighted by Crippen LogP contribution is 2.37. The number of carbonyl (C=O) groups excluding carboxylic acids is 1. The second kappa shape index (κ2) is 10.8. The molecule has 0 aliphatic carbocycles. The third kappa shape index (κ3) is 5.62. The van der Waals surface area contributed by atoms with Crippen molar-refractivity contribution in [2.45, 2.75) is 18.9 Å². The van der Waals surface area contributed by atoms with Crippen molar-refractivity contribution in [3.05, 3.63) is 96.6 Å². The van der Waals surface area contributed by atoms with Gasteiger partial charge in [-0.3, -0.25) is 10.2 Å². The normalized spacial score (nSPS) is 18.3. The fraction of sp³-hybridized carbons (Fsp3) is 0.185. The number of halogens is 1. The maximum Gasteiger partial charge on any atom is 0.233 e. The number of nitrogens with zero attached hydrogens (tertiary/aromatic N) is 2. The predicted octanol–water partition coefficient (Wildman–Crippen LogP) is 6.18. The Labute approximate surface area is 199 Å². The van der Waals surface area contributed by atoms with Crippen LogP contribution < -0.4 is 15.1 Å². The Balaban J connectivity index is 1.46. The van der Waals surface area contributed by atoms with Gasteiger partial charge in [0.05, 0.1) is 24.8 Å². The second-order valence-electron chi connectivity index (χ2n) is 7.78. The molecule has 1 heterocycles. The molecule has 3 aromatic rings. The van der Waals surface area contributed by atoms with Crippen LogP contribution in [0, 0.1) is 5.92 Å². The van der Waals surface area contributed by atoms with Gasteiger partial charge in [0.2, 0.25) is 5.91 Å². The van der Waals surface area contributed by atoms with Gasteiger partial charge in [0.1, 0.15) is 10.9 Å². The Kier molecular flexibility index (Phi) is 7.43. The number of hydrogen-bond donors (Lipinski definition) is 1. The summed E-state index contributed by atoms with van der Waals surface area (Å²) < 4.78 is 5.25. The van der Waals surface area contributed by atoms with E-state index in [9.17, 15) is 4.79 Å². The number of para-hydroxylation sites is 1. The third-order valence-corrected chi connectivity index (χ3v) is 5.92. The van der Waals surface area contributed by atoms with Crippen molar-refractivity contribution in [1.29, 1.82) is 0 Å². The van der Waals surface area contributed by atoms with Gasteiger partial charge in [-0.15, -0.1) is 0 Å². The molecule has 1 saturated heterocycles. The summed E-state index contributed by atoms with van der Waals surface area (Å²) in [5.41, 5.74) is 5.77. The smallest absolute Gasteiger partial charge is 0.233 e. The largest absolute Gasteiger partial charge is 0.497 e. The maximum atomic E-state index is 13.1. The van der Waals surface area contributed by atoms with Crippen molar-refractivity contribution in [3.8, 4) is 5.75 Å². The van der Waals surface area contributed by atoms with Crippen LogP contribution in [0.25, 0.3) is 6.08 Å². The molecule has 1 aliphatic rings. The van der Waals surface area contributed by atoms with Crippen LogP contribution >= 0.6 is 11.6 Å². The van der Waals surface area contributed by atoms with Crippen LogP contribution in [0.3, 0.4) is 0 Å². The van der Waals surface area contributed by atoms with Gasteiger partial charge in [0, 0.05) is 12.1 Å². The first-order valence-electron chi connectivity index (χ1n) is 10.9. The van der Waals surface area contributed by atoms with Gasteiger partial charge < -0.3 is 9.64 Å². The summed E-state index contributed by atoms with van der Waals surface area (Å²) in [6, 6.07) is 27.2. The molecular formula is C27H26ClN3O2. The Morgan fingerprint density at radius 2 is 1.70 bits per heavy atom. The van der Waals surface area contributed by atoms with Crippen LogP contribution in [0.2, 0.25) is 0 Å². The molecule has 1 amide bonds. The summed E-state index contributed by atoms with van der Waals surface area (Å²) >= 11 is 6.34. The molecule has 33 heavy (non-hydrogen) atoms. The molecule has 3 aromatic carbocycles. The van der Waals surface area contributed by atoms with Crippen LogP contribution in [-0.2, 0) is 4.79 Å². The summed E-state index contributed by atoms with van der Waals surface area (Å²) in [6.45, 7) is 0. The molecular weight excluding hydrogens is 434 g/mol. The zero-order valence-electron chi connectivity index (χ0n) is 18.4. The Hall–Kier alpha value is -3.57. The predicted molar refractivity (Wildman–Crippen MR) is 136 cm³/mol. The van der Waals surface area contributed by atoms with E-state index in [2.05, 4.69) is 22.7 Å². The molecule has 0 aromatic heterocycles. The number of methoxy groups -OCH3 is 1. The Morgan fingerprint density at radius 1 is 1.03 bits per heavy atom. The van der Waals surface area contributed by atoms with Gasteiger partial charge in [-0.05, 0) is 48.4 Å². The molecule has 5 nitrogen and oxygen atoms in total. The fourth-order valence-electron chi connectivity index (χ4n) is 3.87. The van der Waals surface area contributed by atoms with Crippen LogP contribution in [0.5, 0.6) is 5.75 Å². The molecule has 6 heteroatoms. The average Bonchev–Trinajstić information content (AvgIpc) is 2.87. The lowest BCUT2D eigenvalue weighted by atomic mass is 9.82. The molecule has 2 atom stereocenters. The number of benzene rings is 3. The minimum absolute atomic E-state index is 0.0577. The molecule has 0 spiro atoms. The number of hydrogen-bond acceptors (Lipinski definition) is 4. The van der Waals surface area contributed by atoms with E-state index in [0.29, 0.717) is 18.0 Å². The van der Waals surface area contributed by atoms with Gasteiger partial charge in [0.25, 0.3) is 0 Å². The van der Waals surface area contributed by atoms with E-state index >= 15 is 0 Å². The van der Waals surface area contributed by atoms with E-state index in [1.165, 1.54) is 0 Å². The van der Waals surface area contributed by atoms with Gasteiger partial charge in [-0.1, -0.05) is 72.3 Å². The number of ether oxygens (including phenoxy) is 1. The Bertz CT molecular complexity index is 1120. The maximum absolute atomic E-state index is 13.1. The van der Waals surface area contributed by atoms with E-state index in [1.54, 1.807) is 7.11 Å². The monoisotopic (exact) mass is 459 g/mol. The Morgan fingerprint density at radius 3 is 2.36 bits per heavy atom. The number of carbonyl (C=O) groups is 1. The fourth-order valence-corrected chi connectivity index (χ4v) is 4.02. The van der Waals surface area contributed by atoms with Crippen molar-refractivity contribution < 1.29 is 9.53 Å². The highest BCUT2D eigenvalue weighted by molar-refractivity contribution is 6.65. The minimum atomic E-state index is -0.160. The first kappa shape index (κ1) is 22.6. The zero-order valence-corrected chi connectivity index (χ0v) is 19.2. The third-order valence-electron chi connectivity index (χ3n) is 5.64. The quantitative estimate of drug-likeness (QED) is 0.236. The van der Waals surface area contributed by atoms with E-state index in [0.717, 1.165) is 22.7 Å². The number of hydrazone groups is 1. The summed E-state index contributed by atoms with van der Waals surface area (Å²) in [7, 11) is 1.63. The minimum Gasteiger partial charge on any atom is -0.497 e. The topological polar surface area (TPSA) is 53.9 Å². The number of β-lactam (4-membered cyclic amide) rings is 1. The van der Waals surface area contributed by atoms with Gasteiger partial charge in [-0.2, -0.15) is 5.10 Å². The second-order valence-corrected chi connectivity index (χ2v) is 8.21. The summed E-state index contributed by atoms with van der Waals surface area (Å²) in [4.78, 5) is 14.9. The SMILES string of the molecule is COc1ccc(N2C(=O)[C@@H](CC/C(Cl)=N/Nc3ccccc3)C2/C=C/c2ccccc2)cc1. The van der Waals surface area contributed by atoms with Crippen LogP contribution in [-0.4, -0.2) is 24.2 Å². The summed E-state index contributed by atoms with van der Waals surface area (Å²) in [5.74, 6) is 0.685. The number of rotatable bonds is 9. The van der Waals surface area contributed by atoms with Gasteiger partial charge >= 0.3 is 0 Å². The van der Waals surface area contributed by atoms with E-state index in [-0.39, 0.29) is 17.9 Å². The number of nitrogens with one attached hydrogen (secondary N) is 1. The first-order valence-corrected chi connectivity index (χ1v) is 11.3. The summed E-state index contributed by atoms with van der Waals surface area (Å²) in [5, 5.41) is 4.68. The molecule has 0 saturated carbocycles. The highest BCUT2D eigenvalue weighted by Gasteiger charge is 2.46.